The lowest BCUT2D eigenvalue weighted by Gasteiger charge is -2.21. The zero-order valence-corrected chi connectivity index (χ0v) is 9.91. The van der Waals surface area contributed by atoms with Crippen LogP contribution in [0.5, 0.6) is 5.75 Å². The van der Waals surface area contributed by atoms with Gasteiger partial charge in [-0.2, -0.15) is 0 Å². The summed E-state index contributed by atoms with van der Waals surface area (Å²) in [6.07, 6.45) is 0. The van der Waals surface area contributed by atoms with Crippen molar-refractivity contribution in [1.29, 1.82) is 0 Å². The van der Waals surface area contributed by atoms with Gasteiger partial charge in [-0.3, -0.25) is 4.79 Å². The molecule has 3 N–H and O–H groups in total. The van der Waals surface area contributed by atoms with Crippen LogP contribution in [0, 0.1) is 0 Å². The van der Waals surface area contributed by atoms with E-state index in [0.29, 0.717) is 0 Å². The predicted octanol–water partition coefficient (Wildman–Crippen LogP) is 1.76. The molecule has 1 amide bonds. The smallest absolute Gasteiger partial charge is 0.236 e. The number of amides is 1. The van der Waals surface area contributed by atoms with Gasteiger partial charge in [0.25, 0.3) is 0 Å². The average molecular weight is 222 g/mol. The van der Waals surface area contributed by atoms with Gasteiger partial charge in [0.1, 0.15) is 11.4 Å². The van der Waals surface area contributed by atoms with Crippen LogP contribution in [0.4, 0.5) is 5.69 Å². The third-order valence-corrected chi connectivity index (χ3v) is 1.75. The van der Waals surface area contributed by atoms with Crippen LogP contribution in [0.1, 0.15) is 20.8 Å². The molecule has 0 atom stereocenters. The number of carbonyl (C=O) groups excluding carboxylic acids is 1. The quantitative estimate of drug-likeness (QED) is 0.816. The number of hydrogen-bond acceptors (Lipinski definition) is 3. The van der Waals surface area contributed by atoms with Gasteiger partial charge in [-0.1, -0.05) is 0 Å². The maximum absolute atomic E-state index is 10.6. The molecule has 88 valence electrons. The molecule has 0 aliphatic rings. The lowest BCUT2D eigenvalue weighted by atomic mass is 10.2. The SMILES string of the molecule is CC(C)(C)Oc1ccc(NCC(N)=O)cc1. The third kappa shape index (κ3) is 4.68. The van der Waals surface area contributed by atoms with Gasteiger partial charge in [-0.25, -0.2) is 0 Å². The number of anilines is 1. The number of nitrogens with two attached hydrogens (primary N) is 1. The lowest BCUT2D eigenvalue weighted by molar-refractivity contribution is -0.116. The summed E-state index contributed by atoms with van der Waals surface area (Å²) in [5.41, 5.74) is 5.67. The fourth-order valence-corrected chi connectivity index (χ4v) is 1.18. The monoisotopic (exact) mass is 222 g/mol. The summed E-state index contributed by atoms with van der Waals surface area (Å²) in [6, 6.07) is 7.41. The minimum atomic E-state index is -0.380. The standard InChI is InChI=1S/C12H18N2O2/c1-12(2,3)16-10-6-4-9(5-7-10)14-8-11(13)15/h4-7,14H,8H2,1-3H3,(H2,13,15). The van der Waals surface area contributed by atoms with Crippen molar-refractivity contribution in [2.75, 3.05) is 11.9 Å². The van der Waals surface area contributed by atoms with Gasteiger partial charge in [-0.05, 0) is 45.0 Å². The molecule has 0 bridgehead atoms. The second-order valence-corrected chi connectivity index (χ2v) is 4.56. The average Bonchev–Trinajstić information content (AvgIpc) is 2.14. The Kier molecular flexibility index (Phi) is 3.77. The minimum absolute atomic E-state index is 0.138. The van der Waals surface area contributed by atoms with E-state index in [1.165, 1.54) is 0 Å². The Balaban J connectivity index is 2.57. The largest absolute Gasteiger partial charge is 0.488 e. The van der Waals surface area contributed by atoms with Crippen LogP contribution in [-0.2, 0) is 4.79 Å². The van der Waals surface area contributed by atoms with Crippen LogP contribution in [0.2, 0.25) is 0 Å². The molecule has 16 heavy (non-hydrogen) atoms. The molecule has 0 aromatic heterocycles. The summed E-state index contributed by atoms with van der Waals surface area (Å²) in [7, 11) is 0. The number of primary amides is 1. The summed E-state index contributed by atoms with van der Waals surface area (Å²) in [4.78, 5) is 10.6. The summed E-state index contributed by atoms with van der Waals surface area (Å²) in [5.74, 6) is 0.423. The number of ether oxygens (including phenoxy) is 1. The molecular formula is C12H18N2O2. The van der Waals surface area contributed by atoms with Crippen molar-refractivity contribution >= 4 is 11.6 Å². The van der Waals surface area contributed by atoms with E-state index in [0.717, 1.165) is 11.4 Å². The molecule has 0 saturated heterocycles. The predicted molar refractivity (Wildman–Crippen MR) is 64.5 cm³/mol. The number of rotatable bonds is 4. The number of hydrogen-bond donors (Lipinski definition) is 2. The number of benzene rings is 1. The van der Waals surface area contributed by atoms with E-state index in [1.807, 2.05) is 45.0 Å². The summed E-state index contributed by atoms with van der Waals surface area (Å²) < 4.78 is 5.66. The van der Waals surface area contributed by atoms with Crippen LogP contribution >= 0.6 is 0 Å². The molecule has 0 spiro atoms. The van der Waals surface area contributed by atoms with Gasteiger partial charge >= 0.3 is 0 Å². The molecule has 0 aliphatic carbocycles. The third-order valence-electron chi connectivity index (χ3n) is 1.75. The highest BCUT2D eigenvalue weighted by molar-refractivity contribution is 5.78. The Morgan fingerprint density at radius 3 is 2.31 bits per heavy atom. The molecule has 0 aliphatic heterocycles. The van der Waals surface area contributed by atoms with Crippen molar-refractivity contribution in [3.8, 4) is 5.75 Å². The van der Waals surface area contributed by atoms with E-state index in [2.05, 4.69) is 5.32 Å². The molecule has 0 radical (unpaired) electrons. The van der Waals surface area contributed by atoms with Crippen molar-refractivity contribution in [2.45, 2.75) is 26.4 Å². The molecule has 1 rings (SSSR count). The first kappa shape index (κ1) is 12.4. The highest BCUT2D eigenvalue weighted by Gasteiger charge is 2.11. The molecule has 0 heterocycles. The van der Waals surface area contributed by atoms with Crippen molar-refractivity contribution in [1.82, 2.24) is 0 Å². The molecule has 1 aromatic rings. The Labute approximate surface area is 95.8 Å². The van der Waals surface area contributed by atoms with Crippen LogP contribution in [0.25, 0.3) is 0 Å². The summed E-state index contributed by atoms with van der Waals surface area (Å²) in [5, 5.41) is 2.90. The minimum Gasteiger partial charge on any atom is -0.488 e. The van der Waals surface area contributed by atoms with Gasteiger partial charge in [0, 0.05) is 5.69 Å². The Hall–Kier alpha value is -1.71. The van der Waals surface area contributed by atoms with Gasteiger partial charge in [0.05, 0.1) is 6.54 Å². The van der Waals surface area contributed by atoms with E-state index < -0.39 is 0 Å². The highest BCUT2D eigenvalue weighted by Crippen LogP contribution is 2.20. The Morgan fingerprint density at radius 1 is 1.31 bits per heavy atom. The van der Waals surface area contributed by atoms with E-state index in [4.69, 9.17) is 10.5 Å². The van der Waals surface area contributed by atoms with Crippen LogP contribution in [0.3, 0.4) is 0 Å². The first-order valence-electron chi connectivity index (χ1n) is 5.18. The van der Waals surface area contributed by atoms with Crippen LogP contribution < -0.4 is 15.8 Å². The topological polar surface area (TPSA) is 64.3 Å². The lowest BCUT2D eigenvalue weighted by Crippen LogP contribution is -2.23. The van der Waals surface area contributed by atoms with Crippen molar-refractivity contribution in [2.24, 2.45) is 5.73 Å². The van der Waals surface area contributed by atoms with Crippen molar-refractivity contribution < 1.29 is 9.53 Å². The Bertz CT molecular complexity index is 352. The van der Waals surface area contributed by atoms with Crippen LogP contribution in [-0.4, -0.2) is 18.1 Å². The second kappa shape index (κ2) is 4.88. The van der Waals surface area contributed by atoms with E-state index in [1.54, 1.807) is 0 Å². The summed E-state index contributed by atoms with van der Waals surface area (Å²) >= 11 is 0. The van der Waals surface area contributed by atoms with Gasteiger partial charge in [0.15, 0.2) is 0 Å². The first-order valence-corrected chi connectivity index (χ1v) is 5.18. The number of carbonyl (C=O) groups is 1. The maximum Gasteiger partial charge on any atom is 0.236 e. The summed E-state index contributed by atoms with van der Waals surface area (Å²) in [6.45, 7) is 6.12. The zero-order valence-electron chi connectivity index (χ0n) is 9.91. The van der Waals surface area contributed by atoms with Gasteiger partial charge < -0.3 is 15.8 Å². The highest BCUT2D eigenvalue weighted by atomic mass is 16.5. The molecular weight excluding hydrogens is 204 g/mol. The zero-order chi connectivity index (χ0) is 12.2. The fraction of sp³-hybridized carbons (Fsp3) is 0.417. The number of nitrogens with one attached hydrogen (secondary N) is 1. The molecule has 0 fully saturated rings. The van der Waals surface area contributed by atoms with E-state index >= 15 is 0 Å². The first-order chi connectivity index (χ1) is 7.37. The molecule has 1 aromatic carbocycles. The van der Waals surface area contributed by atoms with Crippen LogP contribution in [0.15, 0.2) is 24.3 Å². The van der Waals surface area contributed by atoms with Crippen molar-refractivity contribution in [3.05, 3.63) is 24.3 Å². The Morgan fingerprint density at radius 2 is 1.88 bits per heavy atom. The second-order valence-electron chi connectivity index (χ2n) is 4.56. The van der Waals surface area contributed by atoms with E-state index in [9.17, 15) is 4.79 Å². The normalized spacial score (nSPS) is 10.9. The van der Waals surface area contributed by atoms with E-state index in [-0.39, 0.29) is 18.1 Å². The van der Waals surface area contributed by atoms with Crippen molar-refractivity contribution in [3.63, 3.8) is 0 Å². The molecule has 0 unspecified atom stereocenters. The molecule has 4 heteroatoms. The van der Waals surface area contributed by atoms with Gasteiger partial charge in [0.2, 0.25) is 5.91 Å². The molecule has 4 nitrogen and oxygen atoms in total. The molecule has 0 saturated carbocycles. The maximum atomic E-state index is 10.6. The fourth-order valence-electron chi connectivity index (χ4n) is 1.18. The van der Waals surface area contributed by atoms with Gasteiger partial charge in [-0.15, -0.1) is 0 Å².